The van der Waals surface area contributed by atoms with Crippen molar-refractivity contribution in [2.45, 2.75) is 33.0 Å². The fourth-order valence-corrected chi connectivity index (χ4v) is 2.50. The molecule has 1 aliphatic rings. The maximum Gasteiger partial charge on any atom is 0.311 e. The van der Waals surface area contributed by atoms with Crippen LogP contribution in [0.1, 0.15) is 19.4 Å². The largest absolute Gasteiger partial charge is 0.477 e. The van der Waals surface area contributed by atoms with Crippen LogP contribution in [0.15, 0.2) is 18.2 Å². The van der Waals surface area contributed by atoms with Gasteiger partial charge in [-0.05, 0) is 32.4 Å². The highest BCUT2D eigenvalue weighted by atomic mass is 16.6. The number of ether oxygens (including phenoxy) is 2. The molecule has 1 aromatic carbocycles. The summed E-state index contributed by atoms with van der Waals surface area (Å²) in [6, 6.07) is 4.66. The molecule has 7 nitrogen and oxygen atoms in total. The molecule has 0 aromatic heterocycles. The number of morpholine rings is 1. The Morgan fingerprint density at radius 3 is 2.64 bits per heavy atom. The summed E-state index contributed by atoms with van der Waals surface area (Å²) in [5.41, 5.74) is 0.637. The average Bonchev–Trinajstić information content (AvgIpc) is 2.44. The molecule has 1 aliphatic heterocycles. The van der Waals surface area contributed by atoms with Gasteiger partial charge < -0.3 is 14.4 Å². The second-order valence-electron chi connectivity index (χ2n) is 5.57. The Balaban J connectivity index is 2.01. The molecule has 1 heterocycles. The predicted molar refractivity (Wildman–Crippen MR) is 79.9 cm³/mol. The van der Waals surface area contributed by atoms with Crippen LogP contribution in [-0.2, 0) is 9.53 Å². The summed E-state index contributed by atoms with van der Waals surface area (Å²) in [5.74, 6) is -0.0878. The standard InChI is InChI=1S/C15H20N2O5/c1-10-4-5-14(13(6-10)17(19)20)21-9-15(18)16-7-11(2)22-12(3)8-16/h4-6,11-12H,7-9H2,1-3H3/t11-,12+. The van der Waals surface area contributed by atoms with Gasteiger partial charge in [-0.3, -0.25) is 14.9 Å². The van der Waals surface area contributed by atoms with Crippen molar-refractivity contribution in [3.63, 3.8) is 0 Å². The van der Waals surface area contributed by atoms with Gasteiger partial charge >= 0.3 is 5.69 Å². The van der Waals surface area contributed by atoms with Gasteiger partial charge in [0.05, 0.1) is 17.1 Å². The highest BCUT2D eigenvalue weighted by Gasteiger charge is 2.26. The van der Waals surface area contributed by atoms with Crippen molar-refractivity contribution in [1.29, 1.82) is 0 Å². The first-order valence-corrected chi connectivity index (χ1v) is 7.18. The summed E-state index contributed by atoms with van der Waals surface area (Å²) in [7, 11) is 0. The van der Waals surface area contributed by atoms with Crippen LogP contribution in [-0.4, -0.2) is 47.6 Å². The molecule has 0 unspecified atom stereocenters. The molecule has 120 valence electrons. The number of carbonyl (C=O) groups excluding carboxylic acids is 1. The van der Waals surface area contributed by atoms with Gasteiger partial charge in [-0.2, -0.15) is 0 Å². The topological polar surface area (TPSA) is 81.9 Å². The molecule has 1 fully saturated rings. The van der Waals surface area contributed by atoms with E-state index in [1.54, 1.807) is 17.9 Å². The van der Waals surface area contributed by atoms with Crippen LogP contribution < -0.4 is 4.74 Å². The van der Waals surface area contributed by atoms with Gasteiger partial charge in [-0.1, -0.05) is 6.07 Å². The molecular formula is C15H20N2O5. The first-order valence-electron chi connectivity index (χ1n) is 7.18. The van der Waals surface area contributed by atoms with E-state index in [0.29, 0.717) is 13.1 Å². The van der Waals surface area contributed by atoms with E-state index in [1.165, 1.54) is 12.1 Å². The fourth-order valence-electron chi connectivity index (χ4n) is 2.50. The van der Waals surface area contributed by atoms with Crippen molar-refractivity contribution in [3.05, 3.63) is 33.9 Å². The van der Waals surface area contributed by atoms with Crippen molar-refractivity contribution in [2.24, 2.45) is 0 Å². The number of amides is 1. The molecule has 0 N–H and O–H groups in total. The lowest BCUT2D eigenvalue weighted by Gasteiger charge is -2.35. The number of nitro benzene ring substituents is 1. The number of hydrogen-bond donors (Lipinski definition) is 0. The summed E-state index contributed by atoms with van der Waals surface area (Å²) < 4.78 is 10.9. The highest BCUT2D eigenvalue weighted by molar-refractivity contribution is 5.78. The molecule has 2 rings (SSSR count). The number of rotatable bonds is 4. The van der Waals surface area contributed by atoms with Gasteiger partial charge in [0.25, 0.3) is 5.91 Å². The number of hydrogen-bond acceptors (Lipinski definition) is 5. The normalized spacial score (nSPS) is 21.5. The number of benzene rings is 1. The molecule has 1 amide bonds. The summed E-state index contributed by atoms with van der Waals surface area (Å²) in [4.78, 5) is 24.4. The SMILES string of the molecule is Cc1ccc(OCC(=O)N2C[C@@H](C)O[C@@H](C)C2)c([N+](=O)[O-])c1. The molecule has 1 saturated heterocycles. The number of carbonyl (C=O) groups is 1. The number of nitrogens with zero attached hydrogens (tertiary/aromatic N) is 2. The van der Waals surface area contributed by atoms with Gasteiger partial charge in [0.15, 0.2) is 12.4 Å². The zero-order valence-electron chi connectivity index (χ0n) is 12.9. The van der Waals surface area contributed by atoms with Gasteiger partial charge in [0.2, 0.25) is 0 Å². The first kappa shape index (κ1) is 16.2. The van der Waals surface area contributed by atoms with E-state index < -0.39 is 4.92 Å². The number of nitro groups is 1. The smallest absolute Gasteiger partial charge is 0.311 e. The van der Waals surface area contributed by atoms with Crippen molar-refractivity contribution >= 4 is 11.6 Å². The fraction of sp³-hybridized carbons (Fsp3) is 0.533. The minimum Gasteiger partial charge on any atom is -0.477 e. The minimum atomic E-state index is -0.508. The summed E-state index contributed by atoms with van der Waals surface area (Å²) in [6.45, 7) is 6.36. The first-order chi connectivity index (χ1) is 10.4. The molecule has 0 radical (unpaired) electrons. The maximum absolute atomic E-state index is 12.2. The molecule has 0 spiro atoms. The second kappa shape index (κ2) is 6.74. The van der Waals surface area contributed by atoms with Gasteiger partial charge in [0, 0.05) is 19.2 Å². The van der Waals surface area contributed by atoms with Crippen LogP contribution in [0.3, 0.4) is 0 Å². The van der Waals surface area contributed by atoms with Crippen LogP contribution in [0.2, 0.25) is 0 Å². The molecule has 2 atom stereocenters. The molecule has 0 aliphatic carbocycles. The van der Waals surface area contributed by atoms with Crippen LogP contribution in [0, 0.1) is 17.0 Å². The quantitative estimate of drug-likeness (QED) is 0.627. The highest BCUT2D eigenvalue weighted by Crippen LogP contribution is 2.27. The molecule has 7 heteroatoms. The van der Waals surface area contributed by atoms with E-state index in [1.807, 2.05) is 13.8 Å². The van der Waals surface area contributed by atoms with E-state index in [-0.39, 0.29) is 36.2 Å². The lowest BCUT2D eigenvalue weighted by Crippen LogP contribution is -2.49. The Hall–Kier alpha value is -2.15. The van der Waals surface area contributed by atoms with Crippen LogP contribution >= 0.6 is 0 Å². The third-order valence-corrected chi connectivity index (χ3v) is 3.43. The molecule has 22 heavy (non-hydrogen) atoms. The zero-order valence-corrected chi connectivity index (χ0v) is 12.9. The lowest BCUT2D eigenvalue weighted by atomic mass is 10.2. The van der Waals surface area contributed by atoms with Crippen molar-refractivity contribution in [3.8, 4) is 5.75 Å². The van der Waals surface area contributed by atoms with Crippen LogP contribution in [0.4, 0.5) is 5.69 Å². The van der Waals surface area contributed by atoms with Gasteiger partial charge in [-0.15, -0.1) is 0 Å². The molecular weight excluding hydrogens is 288 g/mol. The van der Waals surface area contributed by atoms with Crippen molar-refractivity contribution in [1.82, 2.24) is 4.90 Å². The summed E-state index contributed by atoms with van der Waals surface area (Å²) >= 11 is 0. The molecule has 1 aromatic rings. The van der Waals surface area contributed by atoms with E-state index in [2.05, 4.69) is 0 Å². The lowest BCUT2D eigenvalue weighted by molar-refractivity contribution is -0.385. The predicted octanol–water partition coefficient (Wildman–Crippen LogP) is 1.92. The van der Waals surface area contributed by atoms with E-state index in [4.69, 9.17) is 9.47 Å². The zero-order chi connectivity index (χ0) is 16.3. The minimum absolute atomic E-state index is 0.0265. The second-order valence-corrected chi connectivity index (χ2v) is 5.57. The monoisotopic (exact) mass is 308 g/mol. The third-order valence-electron chi connectivity index (χ3n) is 3.43. The van der Waals surface area contributed by atoms with E-state index >= 15 is 0 Å². The Morgan fingerprint density at radius 1 is 1.41 bits per heavy atom. The average molecular weight is 308 g/mol. The van der Waals surface area contributed by atoms with E-state index in [9.17, 15) is 14.9 Å². The van der Waals surface area contributed by atoms with Crippen LogP contribution in [0.25, 0.3) is 0 Å². The van der Waals surface area contributed by atoms with Gasteiger partial charge in [0.1, 0.15) is 0 Å². The van der Waals surface area contributed by atoms with Crippen LogP contribution in [0.5, 0.6) is 5.75 Å². The maximum atomic E-state index is 12.2. The third kappa shape index (κ3) is 3.94. The Morgan fingerprint density at radius 2 is 2.05 bits per heavy atom. The Labute approximate surface area is 129 Å². The molecule has 0 bridgehead atoms. The Bertz CT molecular complexity index is 565. The Kier molecular flexibility index (Phi) is 4.97. The molecule has 0 saturated carbocycles. The van der Waals surface area contributed by atoms with Crippen molar-refractivity contribution < 1.29 is 19.2 Å². The van der Waals surface area contributed by atoms with E-state index in [0.717, 1.165) is 5.56 Å². The summed E-state index contributed by atoms with van der Waals surface area (Å²) in [6.07, 6.45) is -0.0529. The van der Waals surface area contributed by atoms with Crippen molar-refractivity contribution in [2.75, 3.05) is 19.7 Å². The summed E-state index contributed by atoms with van der Waals surface area (Å²) in [5, 5.41) is 11.0. The number of aryl methyl sites for hydroxylation is 1. The van der Waals surface area contributed by atoms with Gasteiger partial charge in [-0.25, -0.2) is 0 Å².